The Balaban J connectivity index is 2.61. The summed E-state index contributed by atoms with van der Waals surface area (Å²) in [6, 6.07) is 0. The lowest BCUT2D eigenvalue weighted by molar-refractivity contribution is 0.820. The van der Waals surface area contributed by atoms with Crippen LogP contribution in [0.5, 0.6) is 0 Å². The fraction of sp³-hybridized carbons (Fsp3) is 0.533. The SMILES string of the molecule is CC(C)C1=CCSCc2cncc(C(C)C)c21. The Morgan fingerprint density at radius 3 is 2.53 bits per heavy atom. The van der Waals surface area contributed by atoms with Crippen LogP contribution >= 0.6 is 11.8 Å². The normalized spacial score (nSPS) is 15.8. The Hall–Kier alpha value is -0.760. The first kappa shape index (κ1) is 12.7. The first-order valence-electron chi connectivity index (χ1n) is 6.36. The molecule has 2 heteroatoms. The van der Waals surface area contributed by atoms with E-state index in [1.807, 2.05) is 11.8 Å². The zero-order chi connectivity index (χ0) is 12.4. The van der Waals surface area contributed by atoms with Crippen LogP contribution in [-0.4, -0.2) is 10.7 Å². The zero-order valence-electron chi connectivity index (χ0n) is 11.2. The molecule has 1 nitrogen and oxygen atoms in total. The van der Waals surface area contributed by atoms with Crippen molar-refractivity contribution >= 4 is 17.3 Å². The minimum atomic E-state index is 0.544. The second kappa shape index (κ2) is 5.26. The first-order chi connectivity index (χ1) is 8.11. The molecular weight excluding hydrogens is 226 g/mol. The van der Waals surface area contributed by atoms with Gasteiger partial charge in [0, 0.05) is 23.9 Å². The molecule has 0 saturated carbocycles. The summed E-state index contributed by atoms with van der Waals surface area (Å²) in [5.74, 6) is 3.35. The number of nitrogens with zero attached hydrogens (tertiary/aromatic N) is 1. The zero-order valence-corrected chi connectivity index (χ0v) is 12.0. The maximum absolute atomic E-state index is 4.41. The summed E-state index contributed by atoms with van der Waals surface area (Å²) in [5.41, 5.74) is 5.81. The van der Waals surface area contributed by atoms with Gasteiger partial charge in [-0.05, 0) is 34.1 Å². The molecule has 0 atom stereocenters. The van der Waals surface area contributed by atoms with Gasteiger partial charge in [-0.25, -0.2) is 0 Å². The lowest BCUT2D eigenvalue weighted by Gasteiger charge is -2.20. The van der Waals surface area contributed by atoms with Gasteiger partial charge >= 0.3 is 0 Å². The van der Waals surface area contributed by atoms with Crippen molar-refractivity contribution in [1.82, 2.24) is 4.98 Å². The van der Waals surface area contributed by atoms with E-state index in [1.165, 1.54) is 22.3 Å². The van der Waals surface area contributed by atoms with Gasteiger partial charge in [-0.1, -0.05) is 33.8 Å². The summed E-state index contributed by atoms with van der Waals surface area (Å²) < 4.78 is 0. The van der Waals surface area contributed by atoms with Crippen LogP contribution < -0.4 is 0 Å². The smallest absolute Gasteiger partial charge is 0.0314 e. The summed E-state index contributed by atoms with van der Waals surface area (Å²) in [7, 11) is 0. The van der Waals surface area contributed by atoms with E-state index < -0.39 is 0 Å². The third-order valence-corrected chi connectivity index (χ3v) is 4.18. The fourth-order valence-corrected chi connectivity index (χ4v) is 3.22. The molecule has 0 N–H and O–H groups in total. The van der Waals surface area contributed by atoms with Crippen molar-refractivity contribution in [2.75, 3.05) is 5.75 Å². The van der Waals surface area contributed by atoms with E-state index in [-0.39, 0.29) is 0 Å². The van der Waals surface area contributed by atoms with Crippen LogP contribution in [0.1, 0.15) is 50.3 Å². The number of rotatable bonds is 2. The number of hydrogen-bond donors (Lipinski definition) is 0. The highest BCUT2D eigenvalue weighted by Gasteiger charge is 2.19. The van der Waals surface area contributed by atoms with E-state index >= 15 is 0 Å². The summed E-state index contributed by atoms with van der Waals surface area (Å²) in [6.45, 7) is 9.09. The Morgan fingerprint density at radius 2 is 1.88 bits per heavy atom. The molecule has 2 heterocycles. The van der Waals surface area contributed by atoms with Crippen molar-refractivity contribution in [3.05, 3.63) is 35.2 Å². The lowest BCUT2D eigenvalue weighted by atomic mass is 9.86. The Kier molecular flexibility index (Phi) is 3.93. The Morgan fingerprint density at radius 1 is 1.12 bits per heavy atom. The molecule has 0 spiro atoms. The molecule has 0 aromatic carbocycles. The molecule has 1 aliphatic rings. The van der Waals surface area contributed by atoms with Crippen molar-refractivity contribution in [3.8, 4) is 0 Å². The van der Waals surface area contributed by atoms with Gasteiger partial charge in [0.15, 0.2) is 0 Å². The van der Waals surface area contributed by atoms with Gasteiger partial charge in [0.2, 0.25) is 0 Å². The second-order valence-electron chi connectivity index (χ2n) is 5.25. The third kappa shape index (κ3) is 2.57. The second-order valence-corrected chi connectivity index (χ2v) is 6.28. The minimum Gasteiger partial charge on any atom is -0.264 e. The summed E-state index contributed by atoms with van der Waals surface area (Å²) in [5, 5.41) is 0. The number of fused-ring (bicyclic) bond motifs is 1. The average molecular weight is 247 g/mol. The topological polar surface area (TPSA) is 12.9 Å². The number of pyridine rings is 1. The predicted molar refractivity (Wildman–Crippen MR) is 77.3 cm³/mol. The van der Waals surface area contributed by atoms with Gasteiger partial charge < -0.3 is 0 Å². The quantitative estimate of drug-likeness (QED) is 0.763. The van der Waals surface area contributed by atoms with Gasteiger partial charge in [0.05, 0.1) is 0 Å². The van der Waals surface area contributed by atoms with E-state index in [0.717, 1.165) is 11.5 Å². The van der Waals surface area contributed by atoms with Crippen LogP contribution in [0, 0.1) is 5.92 Å². The molecule has 0 radical (unpaired) electrons. The molecule has 0 fully saturated rings. The number of hydrogen-bond acceptors (Lipinski definition) is 2. The van der Waals surface area contributed by atoms with Crippen molar-refractivity contribution in [2.24, 2.45) is 5.92 Å². The molecule has 0 unspecified atom stereocenters. The number of thioether (sulfide) groups is 1. The van der Waals surface area contributed by atoms with Crippen LogP contribution in [-0.2, 0) is 5.75 Å². The maximum atomic E-state index is 4.41. The number of aromatic nitrogens is 1. The molecule has 0 bridgehead atoms. The highest BCUT2D eigenvalue weighted by Crippen LogP contribution is 2.36. The van der Waals surface area contributed by atoms with Crippen LogP contribution in [0.4, 0.5) is 0 Å². The molecule has 92 valence electrons. The van der Waals surface area contributed by atoms with Crippen molar-refractivity contribution < 1.29 is 0 Å². The van der Waals surface area contributed by atoms with Crippen molar-refractivity contribution in [3.63, 3.8) is 0 Å². The largest absolute Gasteiger partial charge is 0.264 e. The van der Waals surface area contributed by atoms with Gasteiger partial charge in [0.25, 0.3) is 0 Å². The maximum Gasteiger partial charge on any atom is 0.0314 e. The molecular formula is C15H21NS. The standard InChI is InChI=1S/C15H21NS/c1-10(2)13-5-6-17-9-12-7-16-8-14(11(3)4)15(12)13/h5,7-8,10-11H,6,9H2,1-4H3. The predicted octanol–water partition coefficient (Wildman–Crippen LogP) is 4.49. The Bertz CT molecular complexity index is 433. The van der Waals surface area contributed by atoms with Crippen LogP contribution in [0.2, 0.25) is 0 Å². The highest BCUT2D eigenvalue weighted by atomic mass is 32.2. The third-order valence-electron chi connectivity index (χ3n) is 3.27. The van der Waals surface area contributed by atoms with E-state index in [9.17, 15) is 0 Å². The van der Waals surface area contributed by atoms with Gasteiger partial charge in [-0.15, -0.1) is 0 Å². The Labute approximate surface area is 109 Å². The average Bonchev–Trinajstić information content (AvgIpc) is 2.50. The molecule has 1 aromatic heterocycles. The summed E-state index contributed by atoms with van der Waals surface area (Å²) >= 11 is 1.98. The monoisotopic (exact) mass is 247 g/mol. The fourth-order valence-electron chi connectivity index (χ4n) is 2.37. The number of allylic oxidation sites excluding steroid dienone is 1. The minimum absolute atomic E-state index is 0.544. The summed E-state index contributed by atoms with van der Waals surface area (Å²) in [6.07, 6.45) is 6.51. The first-order valence-corrected chi connectivity index (χ1v) is 7.51. The highest BCUT2D eigenvalue weighted by molar-refractivity contribution is 7.98. The van der Waals surface area contributed by atoms with Crippen molar-refractivity contribution in [1.29, 1.82) is 0 Å². The van der Waals surface area contributed by atoms with Crippen LogP contribution in [0.3, 0.4) is 0 Å². The van der Waals surface area contributed by atoms with Gasteiger partial charge in [-0.2, -0.15) is 11.8 Å². The van der Waals surface area contributed by atoms with E-state index in [2.05, 4.69) is 51.1 Å². The van der Waals surface area contributed by atoms with E-state index in [0.29, 0.717) is 11.8 Å². The summed E-state index contributed by atoms with van der Waals surface area (Å²) in [4.78, 5) is 4.41. The van der Waals surface area contributed by atoms with E-state index in [1.54, 1.807) is 0 Å². The van der Waals surface area contributed by atoms with Crippen molar-refractivity contribution in [2.45, 2.75) is 39.4 Å². The molecule has 17 heavy (non-hydrogen) atoms. The molecule has 1 aromatic rings. The molecule has 0 aliphatic carbocycles. The molecule has 1 aliphatic heterocycles. The van der Waals surface area contributed by atoms with Gasteiger partial charge in [0.1, 0.15) is 0 Å². The van der Waals surface area contributed by atoms with Gasteiger partial charge in [-0.3, -0.25) is 4.98 Å². The van der Waals surface area contributed by atoms with E-state index in [4.69, 9.17) is 0 Å². The lowest BCUT2D eigenvalue weighted by Crippen LogP contribution is -2.04. The molecule has 2 rings (SSSR count). The van der Waals surface area contributed by atoms with Crippen LogP contribution in [0.25, 0.3) is 5.57 Å². The molecule has 0 amide bonds. The molecule has 0 saturated heterocycles. The van der Waals surface area contributed by atoms with Crippen LogP contribution in [0.15, 0.2) is 18.5 Å².